The number of nitrogens with one attached hydrogen (secondary N) is 1. The topological polar surface area (TPSA) is 48.5 Å². The number of urea groups is 1. The second kappa shape index (κ2) is 6.81. The van der Waals surface area contributed by atoms with Gasteiger partial charge in [0.15, 0.2) is 0 Å². The number of fused-ring (bicyclic) bond motifs is 1. The summed E-state index contributed by atoms with van der Waals surface area (Å²) in [7, 11) is 3.90. The van der Waals surface area contributed by atoms with Crippen molar-refractivity contribution in [3.63, 3.8) is 0 Å². The standard InChI is InChI=1S/C18H21BrN4O/c1-12-6-7-14-10-23(11-15(14)16(12)19)18(24)21-9-13-5-4-8-20-17(13)22(2)3/h4-8H,9-11H2,1-3H3,(H,21,24). The average molecular weight is 389 g/mol. The number of halogens is 1. The van der Waals surface area contributed by atoms with E-state index >= 15 is 0 Å². The summed E-state index contributed by atoms with van der Waals surface area (Å²) in [5.41, 5.74) is 4.62. The molecule has 2 amide bonds. The summed E-state index contributed by atoms with van der Waals surface area (Å²) >= 11 is 3.64. The Bertz CT molecular complexity index is 776. The van der Waals surface area contributed by atoms with E-state index in [0.29, 0.717) is 19.6 Å². The monoisotopic (exact) mass is 388 g/mol. The molecule has 3 rings (SSSR count). The maximum atomic E-state index is 12.5. The molecule has 24 heavy (non-hydrogen) atoms. The van der Waals surface area contributed by atoms with Gasteiger partial charge in [-0.25, -0.2) is 9.78 Å². The number of anilines is 1. The van der Waals surface area contributed by atoms with Crippen LogP contribution in [0.25, 0.3) is 0 Å². The van der Waals surface area contributed by atoms with Gasteiger partial charge in [-0.3, -0.25) is 0 Å². The number of benzene rings is 1. The predicted molar refractivity (Wildman–Crippen MR) is 98.9 cm³/mol. The van der Waals surface area contributed by atoms with Crippen LogP contribution in [0.4, 0.5) is 10.6 Å². The van der Waals surface area contributed by atoms with Crippen molar-refractivity contribution in [2.24, 2.45) is 0 Å². The van der Waals surface area contributed by atoms with Crippen molar-refractivity contribution < 1.29 is 4.79 Å². The van der Waals surface area contributed by atoms with Crippen LogP contribution in [0.5, 0.6) is 0 Å². The summed E-state index contributed by atoms with van der Waals surface area (Å²) in [5.74, 6) is 0.876. The molecule has 0 saturated heterocycles. The molecule has 0 spiro atoms. The molecule has 1 aromatic carbocycles. The van der Waals surface area contributed by atoms with Gasteiger partial charge in [-0.15, -0.1) is 0 Å². The van der Waals surface area contributed by atoms with Crippen molar-refractivity contribution >= 4 is 27.8 Å². The van der Waals surface area contributed by atoms with Crippen LogP contribution in [0.3, 0.4) is 0 Å². The fraction of sp³-hybridized carbons (Fsp3) is 0.333. The van der Waals surface area contributed by atoms with E-state index in [-0.39, 0.29) is 6.03 Å². The van der Waals surface area contributed by atoms with Gasteiger partial charge in [0.2, 0.25) is 0 Å². The van der Waals surface area contributed by atoms with Crippen LogP contribution in [0.15, 0.2) is 34.9 Å². The van der Waals surface area contributed by atoms with E-state index in [1.54, 1.807) is 6.20 Å². The first-order valence-electron chi connectivity index (χ1n) is 7.88. The molecule has 0 unspecified atom stereocenters. The van der Waals surface area contributed by atoms with E-state index in [4.69, 9.17) is 0 Å². The van der Waals surface area contributed by atoms with E-state index in [0.717, 1.165) is 15.9 Å². The molecule has 1 N–H and O–H groups in total. The van der Waals surface area contributed by atoms with Crippen molar-refractivity contribution in [1.82, 2.24) is 15.2 Å². The van der Waals surface area contributed by atoms with E-state index in [1.165, 1.54) is 16.7 Å². The van der Waals surface area contributed by atoms with Crippen LogP contribution in [0.1, 0.15) is 22.3 Å². The molecule has 0 atom stereocenters. The smallest absolute Gasteiger partial charge is 0.318 e. The lowest BCUT2D eigenvalue weighted by Gasteiger charge is -2.19. The molecule has 0 radical (unpaired) electrons. The van der Waals surface area contributed by atoms with Crippen molar-refractivity contribution in [2.75, 3.05) is 19.0 Å². The zero-order valence-electron chi connectivity index (χ0n) is 14.1. The average Bonchev–Trinajstić information content (AvgIpc) is 3.01. The molecule has 5 nitrogen and oxygen atoms in total. The lowest BCUT2D eigenvalue weighted by atomic mass is 10.1. The molecule has 0 bridgehead atoms. The quantitative estimate of drug-likeness (QED) is 0.875. The fourth-order valence-electron chi connectivity index (χ4n) is 2.95. The summed E-state index contributed by atoms with van der Waals surface area (Å²) in [6, 6.07) is 8.02. The maximum absolute atomic E-state index is 12.5. The Kier molecular flexibility index (Phi) is 4.76. The number of aryl methyl sites for hydroxylation is 1. The Morgan fingerprint density at radius 2 is 2.12 bits per heavy atom. The lowest BCUT2D eigenvalue weighted by molar-refractivity contribution is 0.198. The maximum Gasteiger partial charge on any atom is 0.318 e. The minimum Gasteiger partial charge on any atom is -0.362 e. The van der Waals surface area contributed by atoms with Crippen LogP contribution in [0, 0.1) is 6.92 Å². The SMILES string of the molecule is Cc1ccc2c(c1Br)CN(C(=O)NCc1cccnc1N(C)C)C2. The normalized spacial score (nSPS) is 12.9. The summed E-state index contributed by atoms with van der Waals surface area (Å²) < 4.78 is 1.11. The fourth-order valence-corrected chi connectivity index (χ4v) is 3.46. The minimum absolute atomic E-state index is 0.0516. The van der Waals surface area contributed by atoms with Crippen LogP contribution in [0.2, 0.25) is 0 Å². The molecular formula is C18H21BrN4O. The van der Waals surface area contributed by atoms with Crippen LogP contribution in [-0.2, 0) is 19.6 Å². The second-order valence-electron chi connectivity index (χ2n) is 6.23. The third kappa shape index (κ3) is 3.24. The molecular weight excluding hydrogens is 368 g/mol. The molecule has 2 heterocycles. The van der Waals surface area contributed by atoms with Crippen molar-refractivity contribution in [2.45, 2.75) is 26.6 Å². The lowest BCUT2D eigenvalue weighted by Crippen LogP contribution is -2.36. The van der Waals surface area contributed by atoms with Crippen molar-refractivity contribution in [3.05, 3.63) is 57.2 Å². The molecule has 126 valence electrons. The Balaban J connectivity index is 1.67. The Morgan fingerprint density at radius 3 is 2.88 bits per heavy atom. The van der Waals surface area contributed by atoms with E-state index in [2.05, 4.69) is 45.3 Å². The zero-order chi connectivity index (χ0) is 17.3. The first-order valence-corrected chi connectivity index (χ1v) is 8.67. The number of hydrogen-bond donors (Lipinski definition) is 1. The van der Waals surface area contributed by atoms with Crippen LogP contribution >= 0.6 is 15.9 Å². The summed E-state index contributed by atoms with van der Waals surface area (Å²) in [6.07, 6.45) is 1.76. The number of pyridine rings is 1. The number of rotatable bonds is 3. The predicted octanol–water partition coefficient (Wildman–Crippen LogP) is 3.44. The second-order valence-corrected chi connectivity index (χ2v) is 7.02. The highest BCUT2D eigenvalue weighted by atomic mass is 79.9. The number of hydrogen-bond acceptors (Lipinski definition) is 3. The van der Waals surface area contributed by atoms with E-state index in [9.17, 15) is 4.79 Å². The molecule has 0 saturated carbocycles. The summed E-state index contributed by atoms with van der Waals surface area (Å²) in [4.78, 5) is 20.7. The first-order chi connectivity index (χ1) is 11.5. The number of amides is 2. The van der Waals surface area contributed by atoms with Gasteiger partial charge < -0.3 is 15.1 Å². The van der Waals surface area contributed by atoms with Crippen molar-refractivity contribution in [1.29, 1.82) is 0 Å². The number of nitrogens with zero attached hydrogens (tertiary/aromatic N) is 3. The van der Waals surface area contributed by atoms with Gasteiger partial charge in [-0.2, -0.15) is 0 Å². The zero-order valence-corrected chi connectivity index (χ0v) is 15.7. The van der Waals surface area contributed by atoms with Crippen LogP contribution < -0.4 is 10.2 Å². The Hall–Kier alpha value is -2.08. The molecule has 0 aliphatic carbocycles. The molecule has 1 aliphatic heterocycles. The molecule has 1 aliphatic rings. The van der Waals surface area contributed by atoms with E-state index < -0.39 is 0 Å². The van der Waals surface area contributed by atoms with Gasteiger partial charge >= 0.3 is 6.03 Å². The van der Waals surface area contributed by atoms with Gasteiger partial charge in [0.05, 0.1) is 0 Å². The summed E-state index contributed by atoms with van der Waals surface area (Å²) in [6.45, 7) is 3.82. The highest BCUT2D eigenvalue weighted by molar-refractivity contribution is 9.10. The number of carbonyl (C=O) groups is 1. The minimum atomic E-state index is -0.0516. The summed E-state index contributed by atoms with van der Waals surface area (Å²) in [5, 5.41) is 3.01. The molecule has 2 aromatic rings. The number of aromatic nitrogens is 1. The highest BCUT2D eigenvalue weighted by Crippen LogP contribution is 2.31. The van der Waals surface area contributed by atoms with Crippen LogP contribution in [-0.4, -0.2) is 30.0 Å². The molecule has 0 fully saturated rings. The van der Waals surface area contributed by atoms with Crippen molar-refractivity contribution in [3.8, 4) is 0 Å². The van der Waals surface area contributed by atoms with Gasteiger partial charge in [0.1, 0.15) is 5.82 Å². The van der Waals surface area contributed by atoms with Gasteiger partial charge in [0.25, 0.3) is 0 Å². The Morgan fingerprint density at radius 1 is 1.33 bits per heavy atom. The van der Waals surface area contributed by atoms with Gasteiger partial charge in [-0.1, -0.05) is 34.1 Å². The van der Waals surface area contributed by atoms with Gasteiger partial charge in [0, 0.05) is 50.0 Å². The third-order valence-corrected chi connectivity index (χ3v) is 5.36. The Labute approximate surface area is 150 Å². The highest BCUT2D eigenvalue weighted by Gasteiger charge is 2.25. The van der Waals surface area contributed by atoms with Gasteiger partial charge in [-0.05, 0) is 29.7 Å². The first kappa shape index (κ1) is 16.8. The van der Waals surface area contributed by atoms with E-state index in [1.807, 2.05) is 36.0 Å². The third-order valence-electron chi connectivity index (χ3n) is 4.25. The molecule has 6 heteroatoms. The largest absolute Gasteiger partial charge is 0.362 e. The molecule has 1 aromatic heterocycles. The number of carbonyl (C=O) groups excluding carboxylic acids is 1.